The Balaban J connectivity index is 1.87. The number of likely N-dealkylation sites (tertiary alicyclic amines) is 1. The normalized spacial score (nSPS) is 20.1. The Morgan fingerprint density at radius 1 is 1.11 bits per heavy atom. The Labute approximate surface area is 219 Å². The number of carbonyl (C=O) groups excluding carboxylic acids is 2. The average molecular weight is 513 g/mol. The molecule has 37 heavy (non-hydrogen) atoms. The smallest absolute Gasteiger partial charge is 0.330 e. The summed E-state index contributed by atoms with van der Waals surface area (Å²) < 4.78 is 17.6. The van der Waals surface area contributed by atoms with Crippen molar-refractivity contribution in [2.24, 2.45) is 0 Å². The first kappa shape index (κ1) is 26.1. The van der Waals surface area contributed by atoms with E-state index in [2.05, 4.69) is 6.07 Å². The third-order valence-corrected chi connectivity index (χ3v) is 8.24. The van der Waals surface area contributed by atoms with Crippen LogP contribution < -0.4 is 0 Å². The number of hydrogen-bond donors (Lipinski definition) is 0. The summed E-state index contributed by atoms with van der Waals surface area (Å²) in [5, 5.41) is 10.6. The van der Waals surface area contributed by atoms with Gasteiger partial charge in [0.15, 0.2) is 4.75 Å². The van der Waals surface area contributed by atoms with Gasteiger partial charge in [0.05, 0.1) is 35.9 Å². The van der Waals surface area contributed by atoms with Gasteiger partial charge in [-0.25, -0.2) is 4.79 Å². The van der Waals surface area contributed by atoms with Gasteiger partial charge in [0, 0.05) is 17.5 Å². The minimum absolute atomic E-state index is 0.183. The van der Waals surface area contributed by atoms with Crippen molar-refractivity contribution in [3.05, 3.63) is 107 Å². The van der Waals surface area contributed by atoms with Crippen LogP contribution in [0.1, 0.15) is 41.6 Å². The van der Waals surface area contributed by atoms with Crippen molar-refractivity contribution >= 4 is 28.8 Å². The average Bonchev–Trinajstić information content (AvgIpc) is 3.20. The van der Waals surface area contributed by atoms with Gasteiger partial charge < -0.3 is 9.64 Å². The zero-order valence-electron chi connectivity index (χ0n) is 20.8. The van der Waals surface area contributed by atoms with Gasteiger partial charge in [-0.15, -0.1) is 0 Å². The first-order valence-corrected chi connectivity index (χ1v) is 13.2. The fraction of sp³-hybridized carbons (Fsp3) is 0.233. The van der Waals surface area contributed by atoms with Crippen LogP contribution in [0.2, 0.25) is 0 Å². The zero-order valence-corrected chi connectivity index (χ0v) is 21.6. The Morgan fingerprint density at radius 2 is 1.78 bits per heavy atom. The van der Waals surface area contributed by atoms with Crippen LogP contribution in [-0.2, 0) is 31.7 Å². The molecule has 1 heterocycles. The van der Waals surface area contributed by atoms with Crippen LogP contribution in [0.4, 0.5) is 0 Å². The Hall–Kier alpha value is -4.02. The van der Waals surface area contributed by atoms with Gasteiger partial charge in [-0.05, 0) is 48.7 Å². The highest BCUT2D eigenvalue weighted by atomic mass is 32.2. The second-order valence-electron chi connectivity index (χ2n) is 8.88. The number of esters is 1. The van der Waals surface area contributed by atoms with Gasteiger partial charge in [-0.1, -0.05) is 72.3 Å². The lowest BCUT2D eigenvalue weighted by Gasteiger charge is -2.34. The molecule has 6 nitrogen and oxygen atoms in total. The number of amides is 1. The minimum atomic E-state index is -1.82. The van der Waals surface area contributed by atoms with Crippen LogP contribution in [0.25, 0.3) is 6.08 Å². The SMILES string of the molecule is CCOC(=O)/C=C/c1ccccc1[C@H]1N(Cc2ccccc2)C(=O)C[C@@]1(C#N)S(=O)c1ccc(C)cc1. The molecule has 1 saturated heterocycles. The van der Waals surface area contributed by atoms with Gasteiger partial charge in [-0.2, -0.15) is 5.26 Å². The van der Waals surface area contributed by atoms with Gasteiger partial charge >= 0.3 is 5.97 Å². The molecule has 1 amide bonds. The third-order valence-electron chi connectivity index (χ3n) is 6.41. The van der Waals surface area contributed by atoms with Crippen molar-refractivity contribution in [3.63, 3.8) is 0 Å². The van der Waals surface area contributed by atoms with E-state index in [1.807, 2.05) is 73.7 Å². The number of hydrogen-bond acceptors (Lipinski definition) is 5. The van der Waals surface area contributed by atoms with Crippen LogP contribution in [0.15, 0.2) is 89.8 Å². The maximum absolute atomic E-state index is 14.1. The molecule has 0 saturated carbocycles. The molecule has 188 valence electrons. The fourth-order valence-electron chi connectivity index (χ4n) is 4.64. The number of rotatable bonds is 8. The van der Waals surface area contributed by atoms with Crippen LogP contribution in [0.5, 0.6) is 0 Å². The first-order valence-electron chi connectivity index (χ1n) is 12.1. The van der Waals surface area contributed by atoms with Crippen molar-refractivity contribution in [2.75, 3.05) is 6.61 Å². The molecule has 0 aliphatic carbocycles. The van der Waals surface area contributed by atoms with E-state index in [9.17, 15) is 19.1 Å². The zero-order chi connectivity index (χ0) is 26.4. The fourth-order valence-corrected chi connectivity index (χ4v) is 6.24. The van der Waals surface area contributed by atoms with E-state index in [1.165, 1.54) is 6.08 Å². The molecular weight excluding hydrogens is 484 g/mol. The molecule has 1 fully saturated rings. The lowest BCUT2D eigenvalue weighted by molar-refractivity contribution is -0.137. The van der Waals surface area contributed by atoms with Crippen molar-refractivity contribution in [3.8, 4) is 6.07 Å². The molecule has 1 aliphatic rings. The molecule has 1 unspecified atom stereocenters. The highest BCUT2D eigenvalue weighted by Gasteiger charge is 2.57. The van der Waals surface area contributed by atoms with Crippen LogP contribution in [-0.4, -0.2) is 32.3 Å². The predicted octanol–water partition coefficient (Wildman–Crippen LogP) is 5.12. The number of carbonyl (C=O) groups is 2. The van der Waals surface area contributed by atoms with Gasteiger partial charge in [0.1, 0.15) is 0 Å². The topological polar surface area (TPSA) is 87.5 Å². The summed E-state index contributed by atoms with van der Waals surface area (Å²) in [6.45, 7) is 4.17. The Kier molecular flexibility index (Phi) is 8.00. The molecule has 0 bridgehead atoms. The summed E-state index contributed by atoms with van der Waals surface area (Å²) in [5.41, 5.74) is 3.20. The number of nitrogens with zero attached hydrogens (tertiary/aromatic N) is 2. The molecule has 3 aromatic carbocycles. The molecule has 3 atom stereocenters. The molecule has 1 aliphatic heterocycles. The van der Waals surface area contributed by atoms with Crippen molar-refractivity contribution < 1.29 is 18.5 Å². The summed E-state index contributed by atoms with van der Waals surface area (Å²) in [5.74, 6) is -0.740. The number of benzene rings is 3. The summed E-state index contributed by atoms with van der Waals surface area (Å²) in [7, 11) is -1.82. The molecule has 0 aromatic heterocycles. The van der Waals surface area contributed by atoms with Crippen LogP contribution in [0, 0.1) is 18.3 Å². The Bertz CT molecular complexity index is 1380. The largest absolute Gasteiger partial charge is 0.463 e. The van der Waals surface area contributed by atoms with Crippen molar-refractivity contribution in [1.29, 1.82) is 5.26 Å². The van der Waals surface area contributed by atoms with E-state index < -0.39 is 27.6 Å². The monoisotopic (exact) mass is 512 g/mol. The molecule has 0 N–H and O–H groups in total. The lowest BCUT2D eigenvalue weighted by Crippen LogP contribution is -2.40. The van der Waals surface area contributed by atoms with Crippen molar-refractivity contribution in [1.82, 2.24) is 4.90 Å². The second-order valence-corrected chi connectivity index (χ2v) is 10.6. The lowest BCUT2D eigenvalue weighted by atomic mass is 9.90. The van der Waals surface area contributed by atoms with E-state index in [1.54, 1.807) is 30.0 Å². The van der Waals surface area contributed by atoms with E-state index in [-0.39, 0.29) is 25.5 Å². The minimum Gasteiger partial charge on any atom is -0.463 e. The van der Waals surface area contributed by atoms with E-state index in [4.69, 9.17) is 4.74 Å². The molecule has 0 spiro atoms. The van der Waals surface area contributed by atoms with Gasteiger partial charge in [-0.3, -0.25) is 9.00 Å². The number of ether oxygens (including phenoxy) is 1. The standard InChI is InChI=1S/C30H28N2O4S/c1-3-36-28(34)18-15-24-11-7-8-12-26(24)29-30(21-31,37(35)25-16-13-22(2)14-17-25)19-27(33)32(29)20-23-9-5-4-6-10-23/h4-18,29H,3,19-20H2,1-2H3/b18-15+/t29-,30+,37?/m1/s1. The van der Waals surface area contributed by atoms with Crippen molar-refractivity contribution in [2.45, 2.75) is 42.5 Å². The quantitative estimate of drug-likeness (QED) is 0.309. The van der Waals surface area contributed by atoms with E-state index in [0.717, 1.165) is 11.1 Å². The predicted molar refractivity (Wildman–Crippen MR) is 142 cm³/mol. The van der Waals surface area contributed by atoms with Crippen LogP contribution in [0.3, 0.4) is 0 Å². The number of nitriles is 1. The molecular formula is C30H28N2O4S. The third kappa shape index (κ3) is 5.40. The molecule has 7 heteroatoms. The maximum atomic E-state index is 14.1. The highest BCUT2D eigenvalue weighted by Crippen LogP contribution is 2.48. The molecule has 0 radical (unpaired) electrons. The summed E-state index contributed by atoms with van der Waals surface area (Å²) in [6, 6.07) is 25.5. The van der Waals surface area contributed by atoms with Crippen LogP contribution >= 0.6 is 0 Å². The first-order chi connectivity index (χ1) is 17.9. The number of aryl methyl sites for hydroxylation is 1. The van der Waals surface area contributed by atoms with E-state index >= 15 is 0 Å². The van der Waals surface area contributed by atoms with Gasteiger partial charge in [0.2, 0.25) is 5.91 Å². The summed E-state index contributed by atoms with van der Waals surface area (Å²) >= 11 is 0. The summed E-state index contributed by atoms with van der Waals surface area (Å²) in [6.07, 6.45) is 2.76. The molecule has 3 aromatic rings. The highest BCUT2D eigenvalue weighted by molar-refractivity contribution is 7.87. The Morgan fingerprint density at radius 3 is 2.46 bits per heavy atom. The molecule has 4 rings (SSSR count). The summed E-state index contributed by atoms with van der Waals surface area (Å²) in [4.78, 5) is 27.7. The van der Waals surface area contributed by atoms with Gasteiger partial charge in [0.25, 0.3) is 0 Å². The maximum Gasteiger partial charge on any atom is 0.330 e. The van der Waals surface area contributed by atoms with E-state index in [0.29, 0.717) is 16.0 Å². The second kappa shape index (κ2) is 11.4.